The SMILES string of the molecule is COc1cccc(CN[C@@H]2CCSc3ccccc32)c1OC. The summed E-state index contributed by atoms with van der Waals surface area (Å²) in [4.78, 5) is 1.39. The van der Waals surface area contributed by atoms with E-state index in [9.17, 15) is 0 Å². The van der Waals surface area contributed by atoms with Crippen molar-refractivity contribution in [3.8, 4) is 11.5 Å². The second kappa shape index (κ2) is 7.07. The Morgan fingerprint density at radius 2 is 1.95 bits per heavy atom. The lowest BCUT2D eigenvalue weighted by Crippen LogP contribution is -2.24. The molecule has 22 heavy (non-hydrogen) atoms. The summed E-state index contributed by atoms with van der Waals surface area (Å²) in [6, 6.07) is 15.1. The van der Waals surface area contributed by atoms with Gasteiger partial charge in [0.15, 0.2) is 11.5 Å². The van der Waals surface area contributed by atoms with Crippen LogP contribution < -0.4 is 14.8 Å². The van der Waals surface area contributed by atoms with Crippen LogP contribution in [0.1, 0.15) is 23.6 Å². The van der Waals surface area contributed by atoms with Crippen LogP contribution >= 0.6 is 11.8 Å². The van der Waals surface area contributed by atoms with E-state index < -0.39 is 0 Å². The average Bonchev–Trinajstić information content (AvgIpc) is 2.59. The molecule has 3 rings (SSSR count). The molecule has 2 aromatic carbocycles. The van der Waals surface area contributed by atoms with Gasteiger partial charge >= 0.3 is 0 Å². The molecule has 0 bridgehead atoms. The van der Waals surface area contributed by atoms with Crippen molar-refractivity contribution in [2.45, 2.75) is 23.9 Å². The van der Waals surface area contributed by atoms with Crippen molar-refractivity contribution < 1.29 is 9.47 Å². The Labute approximate surface area is 136 Å². The van der Waals surface area contributed by atoms with Gasteiger partial charge in [-0.25, -0.2) is 0 Å². The Balaban J connectivity index is 1.77. The second-order valence-corrected chi connectivity index (χ2v) is 6.40. The number of methoxy groups -OCH3 is 2. The number of thioether (sulfide) groups is 1. The molecule has 0 radical (unpaired) electrons. The molecule has 0 unspecified atom stereocenters. The molecule has 116 valence electrons. The summed E-state index contributed by atoms with van der Waals surface area (Å²) >= 11 is 1.94. The molecule has 1 N–H and O–H groups in total. The molecule has 1 heterocycles. The quantitative estimate of drug-likeness (QED) is 0.902. The minimum Gasteiger partial charge on any atom is -0.493 e. The molecular weight excluding hydrogens is 294 g/mol. The lowest BCUT2D eigenvalue weighted by atomic mass is 10.0. The first-order valence-electron chi connectivity index (χ1n) is 7.48. The van der Waals surface area contributed by atoms with Crippen LogP contribution in [0.4, 0.5) is 0 Å². The number of nitrogens with one attached hydrogen (secondary N) is 1. The Morgan fingerprint density at radius 1 is 1.09 bits per heavy atom. The minimum atomic E-state index is 0.397. The first kappa shape index (κ1) is 15.3. The first-order valence-corrected chi connectivity index (χ1v) is 8.47. The fourth-order valence-electron chi connectivity index (χ4n) is 2.88. The molecule has 4 heteroatoms. The number of hydrogen-bond acceptors (Lipinski definition) is 4. The van der Waals surface area contributed by atoms with Crippen LogP contribution in [0.25, 0.3) is 0 Å². The molecule has 0 saturated heterocycles. The summed E-state index contributed by atoms with van der Waals surface area (Å²) in [7, 11) is 3.36. The first-order chi connectivity index (χ1) is 10.8. The molecule has 0 amide bonds. The van der Waals surface area contributed by atoms with Gasteiger partial charge < -0.3 is 14.8 Å². The highest BCUT2D eigenvalue weighted by Crippen LogP contribution is 2.36. The van der Waals surface area contributed by atoms with Crippen LogP contribution in [0.5, 0.6) is 11.5 Å². The second-order valence-electron chi connectivity index (χ2n) is 5.26. The fourth-order valence-corrected chi connectivity index (χ4v) is 4.01. The van der Waals surface area contributed by atoms with Crippen LogP contribution in [0, 0.1) is 0 Å². The van der Waals surface area contributed by atoms with E-state index in [-0.39, 0.29) is 0 Å². The van der Waals surface area contributed by atoms with E-state index in [1.165, 1.54) is 10.5 Å². The Kier molecular flexibility index (Phi) is 4.90. The number of benzene rings is 2. The molecule has 0 saturated carbocycles. The molecule has 1 aliphatic heterocycles. The van der Waals surface area contributed by atoms with Gasteiger partial charge in [0.1, 0.15) is 0 Å². The van der Waals surface area contributed by atoms with E-state index in [1.54, 1.807) is 14.2 Å². The topological polar surface area (TPSA) is 30.5 Å². The summed E-state index contributed by atoms with van der Waals surface area (Å²) in [6.07, 6.45) is 1.15. The summed E-state index contributed by atoms with van der Waals surface area (Å²) in [5.74, 6) is 2.75. The number of para-hydroxylation sites is 1. The number of hydrogen-bond donors (Lipinski definition) is 1. The van der Waals surface area contributed by atoms with Gasteiger partial charge in [0.2, 0.25) is 0 Å². The molecule has 0 spiro atoms. The lowest BCUT2D eigenvalue weighted by Gasteiger charge is -2.26. The summed E-state index contributed by atoms with van der Waals surface area (Å²) < 4.78 is 10.9. The maximum absolute atomic E-state index is 5.51. The summed E-state index contributed by atoms with van der Waals surface area (Å²) in [6.45, 7) is 0.768. The molecule has 0 fully saturated rings. The zero-order valence-corrected chi connectivity index (χ0v) is 13.8. The number of ether oxygens (including phenoxy) is 2. The van der Waals surface area contributed by atoms with E-state index in [0.29, 0.717) is 6.04 Å². The van der Waals surface area contributed by atoms with Crippen LogP contribution in [0.15, 0.2) is 47.4 Å². The highest BCUT2D eigenvalue weighted by atomic mass is 32.2. The normalized spacial score (nSPS) is 16.9. The zero-order valence-electron chi connectivity index (χ0n) is 13.0. The third-order valence-electron chi connectivity index (χ3n) is 3.98. The lowest BCUT2D eigenvalue weighted by molar-refractivity contribution is 0.349. The summed E-state index contributed by atoms with van der Waals surface area (Å²) in [5.41, 5.74) is 2.53. The monoisotopic (exact) mass is 315 g/mol. The van der Waals surface area contributed by atoms with Crippen LogP contribution in [-0.2, 0) is 6.54 Å². The highest BCUT2D eigenvalue weighted by Gasteiger charge is 2.20. The third-order valence-corrected chi connectivity index (χ3v) is 5.10. The maximum Gasteiger partial charge on any atom is 0.165 e. The predicted octanol–water partition coefficient (Wildman–Crippen LogP) is 4.03. The van der Waals surface area contributed by atoms with E-state index in [2.05, 4.69) is 35.6 Å². The van der Waals surface area contributed by atoms with Crippen molar-refractivity contribution in [3.63, 3.8) is 0 Å². The fraction of sp³-hybridized carbons (Fsp3) is 0.333. The van der Waals surface area contributed by atoms with Crippen molar-refractivity contribution >= 4 is 11.8 Å². The average molecular weight is 315 g/mol. The standard InChI is InChI=1S/C18H21NO2S/c1-20-16-8-5-6-13(18(16)21-2)12-19-15-10-11-22-17-9-4-3-7-14(15)17/h3-9,15,19H,10-12H2,1-2H3/t15-/m1/s1. The Hall–Kier alpha value is -1.65. The van der Waals surface area contributed by atoms with E-state index in [0.717, 1.165) is 35.8 Å². The van der Waals surface area contributed by atoms with Crippen LogP contribution in [0.2, 0.25) is 0 Å². The van der Waals surface area contributed by atoms with Gasteiger partial charge in [0, 0.05) is 23.0 Å². The van der Waals surface area contributed by atoms with Gasteiger partial charge in [-0.1, -0.05) is 30.3 Å². The van der Waals surface area contributed by atoms with E-state index >= 15 is 0 Å². The Morgan fingerprint density at radius 3 is 2.77 bits per heavy atom. The largest absolute Gasteiger partial charge is 0.493 e. The number of rotatable bonds is 5. The van der Waals surface area contributed by atoms with Gasteiger partial charge in [-0.2, -0.15) is 0 Å². The van der Waals surface area contributed by atoms with Crippen molar-refractivity contribution in [1.29, 1.82) is 0 Å². The minimum absolute atomic E-state index is 0.397. The number of fused-ring (bicyclic) bond motifs is 1. The Bertz CT molecular complexity index is 645. The zero-order chi connectivity index (χ0) is 15.4. The predicted molar refractivity (Wildman–Crippen MR) is 90.9 cm³/mol. The molecular formula is C18H21NO2S. The van der Waals surface area contributed by atoms with Crippen molar-refractivity contribution in [2.75, 3.05) is 20.0 Å². The summed E-state index contributed by atoms with van der Waals surface area (Å²) in [5, 5.41) is 3.67. The van der Waals surface area contributed by atoms with Gasteiger partial charge in [0.25, 0.3) is 0 Å². The molecule has 3 nitrogen and oxygen atoms in total. The molecule has 1 aliphatic rings. The van der Waals surface area contributed by atoms with Crippen LogP contribution in [0.3, 0.4) is 0 Å². The van der Waals surface area contributed by atoms with Crippen LogP contribution in [-0.4, -0.2) is 20.0 Å². The maximum atomic E-state index is 5.51. The third kappa shape index (κ3) is 3.08. The molecule has 0 aliphatic carbocycles. The van der Waals surface area contributed by atoms with Gasteiger partial charge in [-0.05, 0) is 29.9 Å². The van der Waals surface area contributed by atoms with Gasteiger partial charge in [-0.15, -0.1) is 11.8 Å². The smallest absolute Gasteiger partial charge is 0.165 e. The van der Waals surface area contributed by atoms with Crippen molar-refractivity contribution in [3.05, 3.63) is 53.6 Å². The van der Waals surface area contributed by atoms with E-state index in [4.69, 9.17) is 9.47 Å². The van der Waals surface area contributed by atoms with Crippen molar-refractivity contribution in [2.24, 2.45) is 0 Å². The highest BCUT2D eigenvalue weighted by molar-refractivity contribution is 7.99. The van der Waals surface area contributed by atoms with E-state index in [1.807, 2.05) is 23.9 Å². The van der Waals surface area contributed by atoms with Crippen molar-refractivity contribution in [1.82, 2.24) is 5.32 Å². The molecule has 1 atom stereocenters. The van der Waals surface area contributed by atoms with Gasteiger partial charge in [0.05, 0.1) is 14.2 Å². The molecule has 0 aromatic heterocycles. The molecule has 2 aromatic rings. The van der Waals surface area contributed by atoms with Gasteiger partial charge in [-0.3, -0.25) is 0 Å².